The third-order valence-electron chi connectivity index (χ3n) is 2.00. The van der Waals surface area contributed by atoms with Crippen molar-refractivity contribution in [2.24, 2.45) is 5.73 Å². The van der Waals surface area contributed by atoms with Crippen LogP contribution in [0.4, 0.5) is 5.69 Å². The summed E-state index contributed by atoms with van der Waals surface area (Å²) < 4.78 is -0.948. The SMILES string of the molecule is N[C]1([Al])C(=O)Nc2ccccc21. The fourth-order valence-corrected chi connectivity index (χ4v) is 1.62. The maximum atomic E-state index is 11.3. The minimum Gasteiger partial charge on any atom is -0.328 e. The lowest BCUT2D eigenvalue weighted by atomic mass is 10.1. The Hall–Kier alpha value is -0.818. The predicted molar refractivity (Wildman–Crippen MR) is 46.7 cm³/mol. The van der Waals surface area contributed by atoms with E-state index in [1.807, 2.05) is 24.3 Å². The van der Waals surface area contributed by atoms with Gasteiger partial charge in [-0.1, -0.05) is 18.2 Å². The average molecular weight is 174 g/mol. The topological polar surface area (TPSA) is 55.1 Å². The Morgan fingerprint density at radius 1 is 1.42 bits per heavy atom. The summed E-state index contributed by atoms with van der Waals surface area (Å²) in [6.07, 6.45) is 0. The lowest BCUT2D eigenvalue weighted by molar-refractivity contribution is -0.118. The molecule has 0 fully saturated rings. The van der Waals surface area contributed by atoms with Gasteiger partial charge in [-0.25, -0.2) is 0 Å². The van der Waals surface area contributed by atoms with Crippen LogP contribution < -0.4 is 11.1 Å². The largest absolute Gasteiger partial charge is 0.328 e. The summed E-state index contributed by atoms with van der Waals surface area (Å²) in [6.45, 7) is 0. The van der Waals surface area contributed by atoms with E-state index in [1.54, 1.807) is 0 Å². The number of anilines is 1. The maximum absolute atomic E-state index is 11.3. The molecule has 2 rings (SSSR count). The molecule has 1 atom stereocenters. The zero-order valence-corrected chi connectivity index (χ0v) is 7.53. The van der Waals surface area contributed by atoms with Crippen molar-refractivity contribution in [3.63, 3.8) is 0 Å². The second-order valence-corrected chi connectivity index (χ2v) is 3.78. The predicted octanol–water partition coefficient (Wildman–Crippen LogP) is -0.0813. The number of hydrogen-bond acceptors (Lipinski definition) is 2. The number of carbonyl (C=O) groups excluding carboxylic acids is 1. The van der Waals surface area contributed by atoms with Crippen LogP contribution in [0.2, 0.25) is 0 Å². The van der Waals surface area contributed by atoms with Gasteiger partial charge >= 0.3 is 0 Å². The van der Waals surface area contributed by atoms with Gasteiger partial charge in [0.1, 0.15) is 0 Å². The van der Waals surface area contributed by atoms with Crippen molar-refractivity contribution in [2.45, 2.75) is 4.40 Å². The summed E-state index contributed by atoms with van der Waals surface area (Å²) in [7, 11) is 0. The van der Waals surface area contributed by atoms with E-state index in [4.69, 9.17) is 5.73 Å². The number of para-hydroxylation sites is 1. The first kappa shape index (κ1) is 7.81. The maximum Gasteiger partial charge on any atom is 0.231 e. The molecular weight excluding hydrogens is 167 g/mol. The molecule has 0 bridgehead atoms. The molecule has 1 heterocycles. The van der Waals surface area contributed by atoms with Crippen LogP contribution in [-0.4, -0.2) is 22.2 Å². The van der Waals surface area contributed by atoms with Crippen LogP contribution in [0.5, 0.6) is 0 Å². The normalized spacial score (nSPS) is 26.6. The number of nitrogens with one attached hydrogen (secondary N) is 1. The number of nitrogens with two attached hydrogens (primary N) is 1. The Bertz CT molecular complexity index is 349. The van der Waals surface area contributed by atoms with Gasteiger partial charge in [0, 0.05) is 10.1 Å². The number of fused-ring (bicyclic) bond motifs is 1. The lowest BCUT2D eigenvalue weighted by Gasteiger charge is -2.16. The molecule has 4 heteroatoms. The molecule has 3 nitrogen and oxygen atoms in total. The highest BCUT2D eigenvalue weighted by Crippen LogP contribution is 2.30. The van der Waals surface area contributed by atoms with E-state index in [0.29, 0.717) is 0 Å². The molecule has 1 aliphatic rings. The number of hydrogen-bond donors (Lipinski definition) is 2. The molecule has 2 radical (unpaired) electrons. The van der Waals surface area contributed by atoms with Crippen LogP contribution in [0, 0.1) is 0 Å². The zero-order valence-electron chi connectivity index (χ0n) is 6.37. The van der Waals surface area contributed by atoms with Crippen molar-refractivity contribution >= 4 is 27.9 Å². The van der Waals surface area contributed by atoms with Gasteiger partial charge in [-0.15, -0.1) is 0 Å². The highest BCUT2D eigenvalue weighted by atomic mass is 27.0. The summed E-state index contributed by atoms with van der Waals surface area (Å²) >= 11 is 2.36. The summed E-state index contributed by atoms with van der Waals surface area (Å²) in [4.78, 5) is 11.3. The van der Waals surface area contributed by atoms with Crippen LogP contribution in [0.1, 0.15) is 5.56 Å². The number of amides is 1. The van der Waals surface area contributed by atoms with E-state index in [9.17, 15) is 4.79 Å². The minimum absolute atomic E-state index is 0.172. The number of rotatable bonds is 0. The Morgan fingerprint density at radius 3 is 2.75 bits per heavy atom. The molecule has 58 valence electrons. The molecule has 1 unspecified atom stereocenters. The summed E-state index contributed by atoms with van der Waals surface area (Å²) in [5.74, 6) is -0.172. The van der Waals surface area contributed by atoms with Gasteiger partial charge in [-0.05, 0) is 11.6 Å². The smallest absolute Gasteiger partial charge is 0.231 e. The van der Waals surface area contributed by atoms with Gasteiger partial charge in [0.25, 0.3) is 0 Å². The van der Waals surface area contributed by atoms with Crippen LogP contribution in [0.25, 0.3) is 0 Å². The second-order valence-electron chi connectivity index (χ2n) is 2.87. The number of benzene rings is 1. The summed E-state index contributed by atoms with van der Waals surface area (Å²) in [5.41, 5.74) is 7.42. The van der Waals surface area contributed by atoms with E-state index in [2.05, 4.69) is 21.6 Å². The lowest BCUT2D eigenvalue weighted by Crippen LogP contribution is -2.43. The Kier molecular flexibility index (Phi) is 1.52. The van der Waals surface area contributed by atoms with Gasteiger partial charge in [-0.2, -0.15) is 0 Å². The van der Waals surface area contributed by atoms with Gasteiger partial charge in [-0.3, -0.25) is 4.79 Å². The standard InChI is InChI=1S/C8H7N2O.Al/c9-7-5-3-1-2-4-6(5)10-8(7)11;/h1-4H,9H2,(H,10,11);. The van der Waals surface area contributed by atoms with Crippen molar-refractivity contribution in [1.82, 2.24) is 0 Å². The van der Waals surface area contributed by atoms with Gasteiger partial charge < -0.3 is 11.1 Å². The molecule has 0 saturated carbocycles. The quantitative estimate of drug-likeness (QED) is 0.540. The van der Waals surface area contributed by atoms with Crippen LogP contribution in [0.3, 0.4) is 0 Å². The Balaban J connectivity index is 2.63. The van der Waals surface area contributed by atoms with Gasteiger partial charge in [0.2, 0.25) is 5.91 Å². The van der Waals surface area contributed by atoms with Crippen molar-refractivity contribution in [1.29, 1.82) is 0 Å². The van der Waals surface area contributed by atoms with E-state index >= 15 is 0 Å². The van der Waals surface area contributed by atoms with E-state index in [-0.39, 0.29) is 5.91 Å². The molecule has 0 aromatic heterocycles. The van der Waals surface area contributed by atoms with Crippen molar-refractivity contribution in [2.75, 3.05) is 5.32 Å². The Morgan fingerprint density at radius 2 is 2.08 bits per heavy atom. The third-order valence-corrected chi connectivity index (χ3v) is 2.57. The first-order valence-electron chi connectivity index (χ1n) is 3.61. The highest BCUT2D eigenvalue weighted by molar-refractivity contribution is 6.33. The van der Waals surface area contributed by atoms with E-state index < -0.39 is 4.40 Å². The second kappa shape index (κ2) is 2.33. The minimum atomic E-state index is -0.948. The van der Waals surface area contributed by atoms with Gasteiger partial charge in [0.15, 0.2) is 16.3 Å². The van der Waals surface area contributed by atoms with Crippen molar-refractivity contribution < 1.29 is 4.79 Å². The van der Waals surface area contributed by atoms with E-state index in [0.717, 1.165) is 11.3 Å². The molecule has 1 aromatic carbocycles. The van der Waals surface area contributed by atoms with Crippen LogP contribution in [-0.2, 0) is 9.20 Å². The zero-order chi connectivity index (χ0) is 8.77. The Labute approximate surface area is 78.4 Å². The molecule has 12 heavy (non-hydrogen) atoms. The molecule has 1 aromatic rings. The van der Waals surface area contributed by atoms with Crippen molar-refractivity contribution in [3.05, 3.63) is 29.8 Å². The summed E-state index contributed by atoms with van der Waals surface area (Å²) in [6, 6.07) is 7.42. The third kappa shape index (κ3) is 0.897. The van der Waals surface area contributed by atoms with Crippen LogP contribution in [0.15, 0.2) is 24.3 Å². The summed E-state index contributed by atoms with van der Waals surface area (Å²) in [5, 5.41) is 2.70. The van der Waals surface area contributed by atoms with E-state index in [1.165, 1.54) is 0 Å². The molecule has 1 aliphatic heterocycles. The molecule has 0 aliphatic carbocycles. The van der Waals surface area contributed by atoms with Crippen LogP contribution >= 0.6 is 0 Å². The first-order valence-corrected chi connectivity index (χ1v) is 4.19. The molecule has 0 saturated heterocycles. The first-order chi connectivity index (χ1) is 5.62. The fraction of sp³-hybridized carbons (Fsp3) is 0.125. The highest BCUT2D eigenvalue weighted by Gasteiger charge is 2.36. The fourth-order valence-electron chi connectivity index (χ4n) is 1.30. The molecule has 1 amide bonds. The molecule has 0 spiro atoms. The molecule has 3 N–H and O–H groups in total. The molecular formula is C8H7AlN2O. The van der Waals surface area contributed by atoms with Crippen molar-refractivity contribution in [3.8, 4) is 0 Å². The number of carbonyl (C=O) groups is 1. The van der Waals surface area contributed by atoms with Gasteiger partial charge in [0.05, 0.1) is 0 Å². The monoisotopic (exact) mass is 174 g/mol. The average Bonchev–Trinajstić information content (AvgIpc) is 2.25.